The number of carbonyl (C=O) groups is 2. The minimum atomic E-state index is -0.307. The lowest BCUT2D eigenvalue weighted by Crippen LogP contribution is -2.27. The van der Waals surface area contributed by atoms with Gasteiger partial charge < -0.3 is 10.2 Å². The Morgan fingerprint density at radius 2 is 1.46 bits per heavy atom. The molecule has 0 atom stereocenters. The molecule has 0 bridgehead atoms. The number of nitrogens with zero attached hydrogens (tertiary/aromatic N) is 1. The Kier molecular flexibility index (Phi) is 5.07. The third-order valence-electron chi connectivity index (χ3n) is 3.91. The Morgan fingerprint density at radius 3 is 2.04 bits per heavy atom. The van der Waals surface area contributed by atoms with E-state index in [0.29, 0.717) is 26.9 Å². The van der Waals surface area contributed by atoms with Gasteiger partial charge in [-0.3, -0.25) is 9.59 Å². The molecule has 2 amide bonds. The van der Waals surface area contributed by atoms with Gasteiger partial charge in [-0.25, -0.2) is 0 Å². The molecule has 1 aliphatic heterocycles. The Morgan fingerprint density at radius 1 is 0.875 bits per heavy atom. The largest absolute Gasteiger partial charge is 0.339 e. The summed E-state index contributed by atoms with van der Waals surface area (Å²) in [6.45, 7) is 1.62. The molecular weight excluding hydrogens is 347 g/mol. The smallest absolute Gasteiger partial charge is 0.255 e. The summed E-state index contributed by atoms with van der Waals surface area (Å²) in [5, 5.41) is 3.57. The molecule has 6 heteroatoms. The summed E-state index contributed by atoms with van der Waals surface area (Å²) in [6, 6.07) is 11.5. The van der Waals surface area contributed by atoms with Crippen molar-refractivity contribution in [3.05, 3.63) is 63.6 Å². The van der Waals surface area contributed by atoms with Crippen LogP contribution in [0.3, 0.4) is 0 Å². The van der Waals surface area contributed by atoms with Crippen LogP contribution < -0.4 is 5.32 Å². The Labute approximate surface area is 150 Å². The summed E-state index contributed by atoms with van der Waals surface area (Å²) >= 11 is 11.8. The molecule has 1 saturated heterocycles. The highest BCUT2D eigenvalue weighted by molar-refractivity contribution is 6.35. The summed E-state index contributed by atoms with van der Waals surface area (Å²) in [7, 11) is 0. The second-order valence-electron chi connectivity index (χ2n) is 5.69. The van der Waals surface area contributed by atoms with E-state index in [1.165, 1.54) is 0 Å². The van der Waals surface area contributed by atoms with Gasteiger partial charge in [-0.2, -0.15) is 0 Å². The van der Waals surface area contributed by atoms with Crippen LogP contribution in [-0.2, 0) is 0 Å². The second kappa shape index (κ2) is 7.24. The number of rotatable bonds is 3. The van der Waals surface area contributed by atoms with Crippen molar-refractivity contribution in [3.8, 4) is 0 Å². The Bertz CT molecular complexity index is 749. The average molecular weight is 363 g/mol. The van der Waals surface area contributed by atoms with Crippen molar-refractivity contribution >= 4 is 40.7 Å². The van der Waals surface area contributed by atoms with E-state index in [0.717, 1.165) is 25.9 Å². The lowest BCUT2D eigenvalue weighted by Gasteiger charge is -2.15. The van der Waals surface area contributed by atoms with Gasteiger partial charge in [0, 0.05) is 39.9 Å². The molecule has 24 heavy (non-hydrogen) atoms. The van der Waals surface area contributed by atoms with Crippen LogP contribution in [0.4, 0.5) is 5.69 Å². The van der Waals surface area contributed by atoms with Crippen molar-refractivity contribution in [1.29, 1.82) is 0 Å². The molecule has 0 aromatic heterocycles. The molecule has 124 valence electrons. The normalized spacial score (nSPS) is 13.8. The fourth-order valence-electron chi connectivity index (χ4n) is 2.69. The van der Waals surface area contributed by atoms with Gasteiger partial charge in [-0.05, 0) is 55.3 Å². The molecule has 1 heterocycles. The minimum Gasteiger partial charge on any atom is -0.339 e. The Hall–Kier alpha value is -2.04. The van der Waals surface area contributed by atoms with Gasteiger partial charge in [0.15, 0.2) is 0 Å². The van der Waals surface area contributed by atoms with Crippen molar-refractivity contribution in [2.45, 2.75) is 12.8 Å². The number of hydrogen-bond donors (Lipinski definition) is 1. The summed E-state index contributed by atoms with van der Waals surface area (Å²) < 4.78 is 0. The second-order valence-corrected chi connectivity index (χ2v) is 6.56. The van der Waals surface area contributed by atoms with Gasteiger partial charge in [0.05, 0.1) is 0 Å². The van der Waals surface area contributed by atoms with Gasteiger partial charge in [-0.1, -0.05) is 23.2 Å². The summed E-state index contributed by atoms with van der Waals surface area (Å²) in [5.41, 5.74) is 1.61. The molecule has 0 aliphatic carbocycles. The van der Waals surface area contributed by atoms with Gasteiger partial charge in [0.1, 0.15) is 0 Å². The molecule has 1 N–H and O–H groups in total. The minimum absolute atomic E-state index is 0.0343. The fourth-order valence-corrected chi connectivity index (χ4v) is 3.21. The van der Waals surface area contributed by atoms with Crippen LogP contribution in [0.2, 0.25) is 10.0 Å². The molecule has 0 radical (unpaired) electrons. The molecule has 1 aliphatic rings. The monoisotopic (exact) mass is 362 g/mol. The lowest BCUT2D eigenvalue weighted by molar-refractivity contribution is 0.0792. The predicted molar refractivity (Wildman–Crippen MR) is 96.0 cm³/mol. The van der Waals surface area contributed by atoms with Crippen molar-refractivity contribution in [1.82, 2.24) is 4.90 Å². The van der Waals surface area contributed by atoms with Gasteiger partial charge in [-0.15, -0.1) is 0 Å². The van der Waals surface area contributed by atoms with Crippen LogP contribution in [0.25, 0.3) is 0 Å². The van der Waals surface area contributed by atoms with E-state index in [2.05, 4.69) is 5.32 Å². The van der Waals surface area contributed by atoms with Crippen LogP contribution in [-0.4, -0.2) is 29.8 Å². The van der Waals surface area contributed by atoms with E-state index in [9.17, 15) is 9.59 Å². The predicted octanol–water partition coefficient (Wildman–Crippen LogP) is 4.48. The SMILES string of the molecule is O=C(Nc1ccc(C(=O)N2CCCC2)cc1)c1cc(Cl)cc(Cl)c1. The van der Waals surface area contributed by atoms with E-state index in [-0.39, 0.29) is 11.8 Å². The molecule has 4 nitrogen and oxygen atoms in total. The van der Waals surface area contributed by atoms with Crippen LogP contribution in [0.5, 0.6) is 0 Å². The first-order valence-electron chi connectivity index (χ1n) is 7.70. The van der Waals surface area contributed by atoms with Gasteiger partial charge in [0.2, 0.25) is 0 Å². The maximum atomic E-state index is 12.3. The third kappa shape index (κ3) is 3.89. The number of halogens is 2. The molecule has 0 spiro atoms. The highest BCUT2D eigenvalue weighted by atomic mass is 35.5. The molecule has 2 aromatic rings. The third-order valence-corrected chi connectivity index (χ3v) is 4.34. The van der Waals surface area contributed by atoms with Crippen molar-refractivity contribution < 1.29 is 9.59 Å². The number of anilines is 1. The molecule has 2 aromatic carbocycles. The quantitative estimate of drug-likeness (QED) is 0.874. The zero-order valence-corrected chi connectivity index (χ0v) is 14.4. The zero-order chi connectivity index (χ0) is 17.1. The first-order chi connectivity index (χ1) is 11.5. The van der Waals surface area contributed by atoms with E-state index >= 15 is 0 Å². The molecule has 3 rings (SSSR count). The first kappa shape index (κ1) is 16.8. The van der Waals surface area contributed by atoms with Crippen LogP contribution in [0.15, 0.2) is 42.5 Å². The van der Waals surface area contributed by atoms with E-state index in [4.69, 9.17) is 23.2 Å². The topological polar surface area (TPSA) is 49.4 Å². The maximum absolute atomic E-state index is 12.3. The van der Waals surface area contributed by atoms with Gasteiger partial charge >= 0.3 is 0 Å². The molecule has 0 saturated carbocycles. The van der Waals surface area contributed by atoms with E-state index in [1.54, 1.807) is 42.5 Å². The number of amides is 2. The standard InChI is InChI=1S/C18H16Cl2N2O2/c19-14-9-13(10-15(20)11-14)17(23)21-16-5-3-12(4-6-16)18(24)22-7-1-2-8-22/h3-6,9-11H,1-2,7-8H2,(H,21,23). The summed E-state index contributed by atoms with van der Waals surface area (Å²) in [4.78, 5) is 26.4. The number of hydrogen-bond acceptors (Lipinski definition) is 2. The molecule has 0 unspecified atom stereocenters. The maximum Gasteiger partial charge on any atom is 0.255 e. The number of benzene rings is 2. The average Bonchev–Trinajstić information content (AvgIpc) is 3.08. The van der Waals surface area contributed by atoms with Crippen LogP contribution in [0.1, 0.15) is 33.6 Å². The number of nitrogens with one attached hydrogen (secondary N) is 1. The van der Waals surface area contributed by atoms with Crippen LogP contribution in [0, 0.1) is 0 Å². The molecular formula is C18H16Cl2N2O2. The fraction of sp³-hybridized carbons (Fsp3) is 0.222. The van der Waals surface area contributed by atoms with Crippen molar-refractivity contribution in [2.24, 2.45) is 0 Å². The van der Waals surface area contributed by atoms with Crippen molar-refractivity contribution in [3.63, 3.8) is 0 Å². The lowest BCUT2D eigenvalue weighted by atomic mass is 10.1. The summed E-state index contributed by atoms with van der Waals surface area (Å²) in [5.74, 6) is -0.273. The highest BCUT2D eigenvalue weighted by Crippen LogP contribution is 2.21. The van der Waals surface area contributed by atoms with E-state index in [1.807, 2.05) is 4.90 Å². The van der Waals surface area contributed by atoms with Crippen molar-refractivity contribution in [2.75, 3.05) is 18.4 Å². The first-order valence-corrected chi connectivity index (χ1v) is 8.45. The van der Waals surface area contributed by atoms with Gasteiger partial charge in [0.25, 0.3) is 11.8 Å². The number of carbonyl (C=O) groups excluding carboxylic acids is 2. The van der Waals surface area contributed by atoms with Crippen LogP contribution >= 0.6 is 23.2 Å². The number of likely N-dealkylation sites (tertiary alicyclic amines) is 1. The Balaban J connectivity index is 1.69. The highest BCUT2D eigenvalue weighted by Gasteiger charge is 2.19. The van der Waals surface area contributed by atoms with E-state index < -0.39 is 0 Å². The zero-order valence-electron chi connectivity index (χ0n) is 12.9. The summed E-state index contributed by atoms with van der Waals surface area (Å²) in [6.07, 6.45) is 2.12. The molecule has 1 fully saturated rings.